The lowest BCUT2D eigenvalue weighted by molar-refractivity contribution is -0.195. The van der Waals surface area contributed by atoms with E-state index in [-0.39, 0.29) is 12.6 Å². The molecule has 1 rings (SSSR count). The number of hydroxylamine groups is 2. The average Bonchev–Trinajstić information content (AvgIpc) is 2.19. The monoisotopic (exact) mass is 209 g/mol. The van der Waals surface area contributed by atoms with E-state index in [1.807, 2.05) is 30.3 Å². The second-order valence-electron chi connectivity index (χ2n) is 3.24. The van der Waals surface area contributed by atoms with Crippen LogP contribution in [0.4, 0.5) is 0 Å². The van der Waals surface area contributed by atoms with Gasteiger partial charge in [0.25, 0.3) is 0 Å². The lowest BCUT2D eigenvalue weighted by Gasteiger charge is -2.24. The molecule has 4 heteroatoms. The summed E-state index contributed by atoms with van der Waals surface area (Å²) in [6, 6.07) is 9.07. The average molecular weight is 209 g/mol. The molecule has 0 heterocycles. The van der Waals surface area contributed by atoms with Crippen molar-refractivity contribution in [3.63, 3.8) is 0 Å². The van der Waals surface area contributed by atoms with Gasteiger partial charge in [0.1, 0.15) is 0 Å². The highest BCUT2D eigenvalue weighted by molar-refractivity contribution is 5.65. The van der Waals surface area contributed by atoms with E-state index in [2.05, 4.69) is 0 Å². The Kier molecular flexibility index (Phi) is 4.27. The quantitative estimate of drug-likeness (QED) is 0.755. The Hall–Kier alpha value is -1.39. The molecule has 0 amide bonds. The minimum atomic E-state index is -0.396. The smallest absolute Gasteiger partial charge is 0.322 e. The van der Waals surface area contributed by atoms with Gasteiger partial charge in [0.2, 0.25) is 0 Å². The third-order valence-corrected chi connectivity index (χ3v) is 2.07. The number of likely N-dealkylation sites (N-methyl/N-ethyl adjacent to an activating group) is 1. The van der Waals surface area contributed by atoms with Crippen molar-refractivity contribution in [1.29, 1.82) is 0 Å². The zero-order chi connectivity index (χ0) is 11.3. The molecule has 0 aliphatic rings. The first-order valence-electron chi connectivity index (χ1n) is 4.72. The molecule has 15 heavy (non-hydrogen) atoms. The van der Waals surface area contributed by atoms with Crippen LogP contribution in [-0.2, 0) is 9.63 Å². The number of hydrogen-bond donors (Lipinski definition) is 1. The number of benzene rings is 1. The maximum absolute atomic E-state index is 10.8. The van der Waals surface area contributed by atoms with E-state index in [1.54, 1.807) is 7.05 Å². The minimum absolute atomic E-state index is 0.103. The van der Waals surface area contributed by atoms with Gasteiger partial charge in [0.15, 0.2) is 0 Å². The summed E-state index contributed by atoms with van der Waals surface area (Å²) in [7, 11) is 1.62. The molecule has 1 aromatic rings. The Morgan fingerprint density at radius 2 is 2.07 bits per heavy atom. The van der Waals surface area contributed by atoms with Crippen LogP contribution in [0.25, 0.3) is 0 Å². The molecular formula is C11H15NO3. The number of rotatable bonds is 4. The van der Waals surface area contributed by atoms with Crippen molar-refractivity contribution < 1.29 is 14.7 Å². The van der Waals surface area contributed by atoms with Crippen LogP contribution in [0.2, 0.25) is 0 Å². The molecule has 0 aliphatic carbocycles. The van der Waals surface area contributed by atoms with Crippen molar-refractivity contribution in [1.82, 2.24) is 5.06 Å². The Morgan fingerprint density at radius 3 is 2.53 bits per heavy atom. The highest BCUT2D eigenvalue weighted by Gasteiger charge is 2.18. The molecule has 0 radical (unpaired) electrons. The predicted molar refractivity (Wildman–Crippen MR) is 55.8 cm³/mol. The SMILES string of the molecule is CC(=O)ON(C)[C@H](CO)c1ccccc1. The standard InChI is InChI=1S/C11H15NO3/c1-9(14)15-12(2)11(8-13)10-6-4-3-5-7-10/h3-7,11,13H,8H2,1-2H3/t11-/m1/s1. The first-order valence-corrected chi connectivity index (χ1v) is 4.72. The number of carbonyl (C=O) groups excluding carboxylic acids is 1. The van der Waals surface area contributed by atoms with Gasteiger partial charge in [-0.05, 0) is 5.56 Å². The van der Waals surface area contributed by atoms with Crippen molar-refractivity contribution in [2.24, 2.45) is 0 Å². The van der Waals surface area contributed by atoms with Gasteiger partial charge in [-0.3, -0.25) is 4.79 Å². The third kappa shape index (κ3) is 3.34. The Bertz CT molecular complexity index is 313. The van der Waals surface area contributed by atoms with E-state index < -0.39 is 5.97 Å². The van der Waals surface area contributed by atoms with E-state index in [9.17, 15) is 9.90 Å². The molecule has 0 saturated carbocycles. The van der Waals surface area contributed by atoms with Crippen LogP contribution in [0.5, 0.6) is 0 Å². The molecule has 0 fully saturated rings. The Morgan fingerprint density at radius 1 is 1.47 bits per heavy atom. The molecule has 0 aliphatic heterocycles. The number of aliphatic hydroxyl groups excluding tert-OH is 1. The van der Waals surface area contributed by atoms with E-state index in [4.69, 9.17) is 4.84 Å². The number of nitrogens with zero attached hydrogens (tertiary/aromatic N) is 1. The maximum Gasteiger partial charge on any atom is 0.322 e. The third-order valence-electron chi connectivity index (χ3n) is 2.07. The predicted octanol–water partition coefficient (Wildman–Crippen LogP) is 1.13. The number of hydrogen-bond acceptors (Lipinski definition) is 4. The number of carbonyl (C=O) groups is 1. The van der Waals surface area contributed by atoms with Crippen LogP contribution in [-0.4, -0.2) is 29.8 Å². The lowest BCUT2D eigenvalue weighted by Crippen LogP contribution is -2.29. The molecule has 1 N–H and O–H groups in total. The normalized spacial score (nSPS) is 12.5. The van der Waals surface area contributed by atoms with Crippen LogP contribution in [0.1, 0.15) is 18.5 Å². The van der Waals surface area contributed by atoms with Crippen molar-refractivity contribution in [3.8, 4) is 0 Å². The summed E-state index contributed by atoms with van der Waals surface area (Å²) < 4.78 is 0. The molecule has 0 aromatic heterocycles. The van der Waals surface area contributed by atoms with Crippen molar-refractivity contribution in [2.75, 3.05) is 13.7 Å². The molecule has 0 unspecified atom stereocenters. The fourth-order valence-corrected chi connectivity index (χ4v) is 1.37. The molecule has 4 nitrogen and oxygen atoms in total. The summed E-state index contributed by atoms with van der Waals surface area (Å²) in [5.41, 5.74) is 0.906. The maximum atomic E-state index is 10.8. The summed E-state index contributed by atoms with van der Waals surface area (Å²) in [4.78, 5) is 15.7. The Balaban J connectivity index is 2.75. The van der Waals surface area contributed by atoms with E-state index in [1.165, 1.54) is 12.0 Å². The molecule has 1 aromatic carbocycles. The largest absolute Gasteiger partial charge is 0.394 e. The van der Waals surface area contributed by atoms with E-state index in [0.29, 0.717) is 0 Å². The summed E-state index contributed by atoms with van der Waals surface area (Å²) in [6.07, 6.45) is 0. The van der Waals surface area contributed by atoms with Crippen LogP contribution in [0.3, 0.4) is 0 Å². The topological polar surface area (TPSA) is 49.8 Å². The van der Waals surface area contributed by atoms with Crippen molar-refractivity contribution >= 4 is 5.97 Å². The molecule has 0 bridgehead atoms. The van der Waals surface area contributed by atoms with E-state index in [0.717, 1.165) is 5.56 Å². The fourth-order valence-electron chi connectivity index (χ4n) is 1.37. The summed E-state index contributed by atoms with van der Waals surface area (Å²) in [5.74, 6) is -0.396. The van der Waals surface area contributed by atoms with Gasteiger partial charge in [-0.15, -0.1) is 5.06 Å². The first-order chi connectivity index (χ1) is 7.15. The highest BCUT2D eigenvalue weighted by atomic mass is 16.7. The molecule has 1 atom stereocenters. The fraction of sp³-hybridized carbons (Fsp3) is 0.364. The van der Waals surface area contributed by atoms with Gasteiger partial charge < -0.3 is 9.94 Å². The summed E-state index contributed by atoms with van der Waals surface area (Å²) >= 11 is 0. The van der Waals surface area contributed by atoms with Crippen LogP contribution < -0.4 is 0 Å². The van der Waals surface area contributed by atoms with Gasteiger partial charge in [0, 0.05) is 14.0 Å². The summed E-state index contributed by atoms with van der Waals surface area (Å²) in [6.45, 7) is 1.23. The van der Waals surface area contributed by atoms with Gasteiger partial charge in [0.05, 0.1) is 12.6 Å². The van der Waals surface area contributed by atoms with Crippen LogP contribution in [0, 0.1) is 0 Å². The van der Waals surface area contributed by atoms with Crippen LogP contribution in [0.15, 0.2) is 30.3 Å². The second-order valence-corrected chi connectivity index (χ2v) is 3.24. The molecule has 82 valence electrons. The zero-order valence-corrected chi connectivity index (χ0v) is 8.88. The Labute approximate surface area is 89.0 Å². The van der Waals surface area contributed by atoms with Gasteiger partial charge >= 0.3 is 5.97 Å². The minimum Gasteiger partial charge on any atom is -0.394 e. The molecular weight excluding hydrogens is 194 g/mol. The van der Waals surface area contributed by atoms with Crippen molar-refractivity contribution in [2.45, 2.75) is 13.0 Å². The first kappa shape index (κ1) is 11.7. The second kappa shape index (κ2) is 5.48. The van der Waals surface area contributed by atoms with Crippen molar-refractivity contribution in [3.05, 3.63) is 35.9 Å². The van der Waals surface area contributed by atoms with Gasteiger partial charge in [-0.1, -0.05) is 30.3 Å². The van der Waals surface area contributed by atoms with Gasteiger partial charge in [-0.2, -0.15) is 0 Å². The van der Waals surface area contributed by atoms with Gasteiger partial charge in [-0.25, -0.2) is 0 Å². The zero-order valence-electron chi connectivity index (χ0n) is 8.88. The summed E-state index contributed by atoms with van der Waals surface area (Å²) in [5, 5.41) is 10.6. The highest BCUT2D eigenvalue weighted by Crippen LogP contribution is 2.18. The molecule has 0 saturated heterocycles. The van der Waals surface area contributed by atoms with E-state index >= 15 is 0 Å². The molecule has 0 spiro atoms. The number of aliphatic hydroxyl groups is 1. The van der Waals surface area contributed by atoms with Crippen LogP contribution >= 0.6 is 0 Å². The lowest BCUT2D eigenvalue weighted by atomic mass is 10.1.